The first-order chi connectivity index (χ1) is 8.69. The molecule has 0 spiro atoms. The smallest absolute Gasteiger partial charge is 0.0562 e. The number of aliphatic hydroxyl groups excluding tert-OH is 1. The second-order valence-electron chi connectivity index (χ2n) is 5.34. The van der Waals surface area contributed by atoms with Crippen LogP contribution in [0.1, 0.15) is 18.9 Å². The largest absolute Gasteiger partial charge is 0.396 e. The Hall–Kier alpha value is -1.06. The van der Waals surface area contributed by atoms with Crippen LogP contribution in [0.25, 0.3) is 0 Å². The number of aryl methyl sites for hydroxylation is 1. The summed E-state index contributed by atoms with van der Waals surface area (Å²) in [7, 11) is 2.08. The predicted octanol–water partition coefficient (Wildman–Crippen LogP) is 2.08. The van der Waals surface area contributed by atoms with Crippen molar-refractivity contribution in [1.29, 1.82) is 0 Å². The summed E-state index contributed by atoms with van der Waals surface area (Å²) in [6.45, 7) is 4.64. The molecule has 0 aromatic heterocycles. The molecule has 1 N–H and O–H groups in total. The molecule has 0 radical (unpaired) electrons. The number of hydrogen-bond donors (Lipinski definition) is 1. The van der Waals surface area contributed by atoms with E-state index in [1.165, 1.54) is 11.3 Å². The highest BCUT2D eigenvalue weighted by molar-refractivity contribution is 5.47. The molecule has 3 heteroatoms. The van der Waals surface area contributed by atoms with E-state index in [4.69, 9.17) is 4.74 Å². The Balaban J connectivity index is 2.03. The molecule has 18 heavy (non-hydrogen) atoms. The summed E-state index contributed by atoms with van der Waals surface area (Å²) in [4.78, 5) is 2.21. The molecule has 1 aromatic carbocycles. The van der Waals surface area contributed by atoms with Crippen LogP contribution < -0.4 is 4.90 Å². The number of benzene rings is 1. The normalized spacial score (nSPS) is 23.3. The summed E-state index contributed by atoms with van der Waals surface area (Å²) in [6.07, 6.45) is 2.01. The lowest BCUT2D eigenvalue weighted by molar-refractivity contribution is 0.0986. The summed E-state index contributed by atoms with van der Waals surface area (Å²) < 4.78 is 5.44. The zero-order valence-corrected chi connectivity index (χ0v) is 11.4. The van der Waals surface area contributed by atoms with E-state index in [1.807, 2.05) is 0 Å². The van der Waals surface area contributed by atoms with Crippen molar-refractivity contribution >= 4 is 5.69 Å². The van der Waals surface area contributed by atoms with Gasteiger partial charge in [0.2, 0.25) is 0 Å². The maximum atomic E-state index is 9.59. The summed E-state index contributed by atoms with van der Waals surface area (Å²) >= 11 is 0. The molecule has 1 fully saturated rings. The number of aliphatic hydroxyl groups is 1. The zero-order valence-electron chi connectivity index (χ0n) is 11.4. The standard InChI is InChI=1S/C15H23NO2/c1-3-13-4-6-14(7-5-13)16(2)10-15(11-17)8-9-18-12-15/h4-7,17H,3,8-12H2,1-2H3. The molecule has 1 aliphatic heterocycles. The molecule has 3 nitrogen and oxygen atoms in total. The Morgan fingerprint density at radius 2 is 2.06 bits per heavy atom. The highest BCUT2D eigenvalue weighted by atomic mass is 16.5. The van der Waals surface area contributed by atoms with Crippen molar-refractivity contribution in [3.8, 4) is 0 Å². The van der Waals surface area contributed by atoms with E-state index in [0.29, 0.717) is 6.61 Å². The first-order valence-electron chi connectivity index (χ1n) is 6.68. The third-order valence-electron chi connectivity index (χ3n) is 3.88. The molecule has 1 atom stereocenters. The van der Waals surface area contributed by atoms with E-state index in [1.54, 1.807) is 0 Å². The van der Waals surface area contributed by atoms with Crippen molar-refractivity contribution in [1.82, 2.24) is 0 Å². The first-order valence-corrected chi connectivity index (χ1v) is 6.68. The van der Waals surface area contributed by atoms with Crippen LogP contribution in [0.5, 0.6) is 0 Å². The van der Waals surface area contributed by atoms with Crippen molar-refractivity contribution in [3.63, 3.8) is 0 Å². The second-order valence-corrected chi connectivity index (χ2v) is 5.34. The van der Waals surface area contributed by atoms with E-state index < -0.39 is 0 Å². The van der Waals surface area contributed by atoms with Gasteiger partial charge in [0.05, 0.1) is 13.2 Å². The average molecular weight is 249 g/mol. The maximum Gasteiger partial charge on any atom is 0.0562 e. The molecular formula is C15H23NO2. The van der Waals surface area contributed by atoms with Crippen LogP contribution in [-0.4, -0.2) is 38.5 Å². The van der Waals surface area contributed by atoms with Gasteiger partial charge in [-0.2, -0.15) is 0 Å². The van der Waals surface area contributed by atoms with Crippen LogP contribution in [0.15, 0.2) is 24.3 Å². The van der Waals surface area contributed by atoms with Gasteiger partial charge in [-0.3, -0.25) is 0 Å². The van der Waals surface area contributed by atoms with Gasteiger partial charge in [0, 0.05) is 31.3 Å². The zero-order chi connectivity index (χ0) is 13.0. The van der Waals surface area contributed by atoms with E-state index in [0.717, 1.165) is 26.0 Å². The predicted molar refractivity (Wildman–Crippen MR) is 74.0 cm³/mol. The lowest BCUT2D eigenvalue weighted by atomic mass is 9.87. The maximum absolute atomic E-state index is 9.59. The van der Waals surface area contributed by atoms with Crippen LogP contribution >= 0.6 is 0 Å². The molecule has 100 valence electrons. The molecule has 1 aliphatic rings. The molecule has 1 saturated heterocycles. The number of rotatable bonds is 5. The molecular weight excluding hydrogens is 226 g/mol. The third kappa shape index (κ3) is 2.85. The quantitative estimate of drug-likeness (QED) is 0.867. The summed E-state index contributed by atoms with van der Waals surface area (Å²) in [5.41, 5.74) is 2.47. The molecule has 0 amide bonds. The van der Waals surface area contributed by atoms with Gasteiger partial charge in [-0.25, -0.2) is 0 Å². The van der Waals surface area contributed by atoms with Gasteiger partial charge >= 0.3 is 0 Å². The topological polar surface area (TPSA) is 32.7 Å². The Bertz CT molecular complexity index is 369. The monoisotopic (exact) mass is 249 g/mol. The SMILES string of the molecule is CCc1ccc(N(C)CC2(CO)CCOC2)cc1. The highest BCUT2D eigenvalue weighted by Crippen LogP contribution is 2.30. The molecule has 0 aliphatic carbocycles. The van der Waals surface area contributed by atoms with Gasteiger partial charge in [-0.05, 0) is 30.5 Å². The summed E-state index contributed by atoms with van der Waals surface area (Å²) in [5, 5.41) is 9.59. The number of hydrogen-bond acceptors (Lipinski definition) is 3. The fourth-order valence-corrected chi connectivity index (χ4v) is 2.53. The minimum atomic E-state index is -0.0851. The average Bonchev–Trinajstić information content (AvgIpc) is 2.88. The van der Waals surface area contributed by atoms with Crippen LogP contribution in [-0.2, 0) is 11.2 Å². The van der Waals surface area contributed by atoms with Gasteiger partial charge in [-0.1, -0.05) is 19.1 Å². The van der Waals surface area contributed by atoms with Gasteiger partial charge in [-0.15, -0.1) is 0 Å². The second kappa shape index (κ2) is 5.72. The van der Waals surface area contributed by atoms with Crippen molar-refractivity contribution in [2.45, 2.75) is 19.8 Å². The van der Waals surface area contributed by atoms with E-state index in [-0.39, 0.29) is 12.0 Å². The van der Waals surface area contributed by atoms with Crippen molar-refractivity contribution in [3.05, 3.63) is 29.8 Å². The van der Waals surface area contributed by atoms with Crippen molar-refractivity contribution in [2.24, 2.45) is 5.41 Å². The Morgan fingerprint density at radius 3 is 2.56 bits per heavy atom. The number of ether oxygens (including phenoxy) is 1. The molecule has 1 heterocycles. The lowest BCUT2D eigenvalue weighted by Gasteiger charge is -2.31. The van der Waals surface area contributed by atoms with Crippen LogP contribution in [0.3, 0.4) is 0 Å². The number of anilines is 1. The minimum Gasteiger partial charge on any atom is -0.396 e. The third-order valence-corrected chi connectivity index (χ3v) is 3.88. The number of nitrogens with zero attached hydrogens (tertiary/aromatic N) is 1. The lowest BCUT2D eigenvalue weighted by Crippen LogP contribution is -2.39. The van der Waals surface area contributed by atoms with Gasteiger partial charge in [0.1, 0.15) is 0 Å². The molecule has 0 saturated carbocycles. The molecule has 1 aromatic rings. The van der Waals surface area contributed by atoms with Gasteiger partial charge in [0.15, 0.2) is 0 Å². The molecule has 0 bridgehead atoms. The Labute approximate surface area is 109 Å². The van der Waals surface area contributed by atoms with E-state index >= 15 is 0 Å². The Kier molecular flexibility index (Phi) is 4.25. The van der Waals surface area contributed by atoms with Crippen LogP contribution in [0, 0.1) is 5.41 Å². The minimum absolute atomic E-state index is 0.0851. The van der Waals surface area contributed by atoms with Crippen LogP contribution in [0.4, 0.5) is 5.69 Å². The first kappa shape index (κ1) is 13.4. The Morgan fingerprint density at radius 1 is 1.33 bits per heavy atom. The fourth-order valence-electron chi connectivity index (χ4n) is 2.53. The summed E-state index contributed by atoms with van der Waals surface area (Å²) in [5.74, 6) is 0. The van der Waals surface area contributed by atoms with E-state index in [2.05, 4.69) is 43.1 Å². The molecule has 1 unspecified atom stereocenters. The van der Waals surface area contributed by atoms with Crippen LogP contribution in [0.2, 0.25) is 0 Å². The van der Waals surface area contributed by atoms with E-state index in [9.17, 15) is 5.11 Å². The van der Waals surface area contributed by atoms with Crippen molar-refractivity contribution < 1.29 is 9.84 Å². The van der Waals surface area contributed by atoms with Crippen molar-refractivity contribution in [2.75, 3.05) is 38.3 Å². The highest BCUT2D eigenvalue weighted by Gasteiger charge is 2.35. The summed E-state index contributed by atoms with van der Waals surface area (Å²) in [6, 6.07) is 8.64. The van der Waals surface area contributed by atoms with Gasteiger partial charge < -0.3 is 14.7 Å². The molecule has 2 rings (SSSR count). The fraction of sp³-hybridized carbons (Fsp3) is 0.600. The van der Waals surface area contributed by atoms with Gasteiger partial charge in [0.25, 0.3) is 0 Å².